The van der Waals surface area contributed by atoms with Crippen molar-refractivity contribution in [2.75, 3.05) is 11.9 Å². The van der Waals surface area contributed by atoms with Crippen LogP contribution in [0.2, 0.25) is 0 Å². The Hall–Kier alpha value is -1.89. The van der Waals surface area contributed by atoms with E-state index in [9.17, 15) is 9.90 Å². The molecule has 0 bridgehead atoms. The molecule has 2 heterocycles. The van der Waals surface area contributed by atoms with Crippen molar-refractivity contribution >= 4 is 11.5 Å². The highest BCUT2D eigenvalue weighted by Crippen LogP contribution is 2.12. The van der Waals surface area contributed by atoms with Gasteiger partial charge in [0.1, 0.15) is 11.6 Å². The van der Waals surface area contributed by atoms with Gasteiger partial charge in [-0.05, 0) is 20.3 Å². The highest BCUT2D eigenvalue weighted by molar-refractivity contribution is 5.49. The molecule has 0 saturated heterocycles. The average Bonchev–Trinajstić information content (AvgIpc) is 2.69. The summed E-state index contributed by atoms with van der Waals surface area (Å²) in [5.74, 6) is 1.14. The van der Waals surface area contributed by atoms with Gasteiger partial charge in [-0.15, -0.1) is 0 Å². The van der Waals surface area contributed by atoms with Crippen LogP contribution in [0, 0.1) is 6.92 Å². The van der Waals surface area contributed by atoms with Gasteiger partial charge in [-0.3, -0.25) is 0 Å². The Bertz CT molecular complexity index is 613. The van der Waals surface area contributed by atoms with Crippen LogP contribution in [0.4, 0.5) is 5.82 Å². The van der Waals surface area contributed by atoms with E-state index in [2.05, 4.69) is 20.5 Å². The van der Waals surface area contributed by atoms with E-state index in [0.717, 1.165) is 0 Å². The summed E-state index contributed by atoms with van der Waals surface area (Å²) in [4.78, 5) is 15.7. The number of hydrogen-bond acceptors (Lipinski definition) is 5. The Morgan fingerprint density at radius 3 is 3.00 bits per heavy atom. The average molecular weight is 251 g/mol. The number of nitrogens with zero attached hydrogens (tertiary/aromatic N) is 3. The van der Waals surface area contributed by atoms with Crippen LogP contribution in [-0.4, -0.2) is 36.8 Å². The Morgan fingerprint density at radius 1 is 1.61 bits per heavy atom. The quantitative estimate of drug-likeness (QED) is 0.726. The fourth-order valence-corrected chi connectivity index (χ4v) is 1.59. The predicted octanol–water partition coefficient (Wildman–Crippen LogP) is 0.299. The summed E-state index contributed by atoms with van der Waals surface area (Å²) < 4.78 is 1.39. The van der Waals surface area contributed by atoms with Crippen molar-refractivity contribution in [3.63, 3.8) is 0 Å². The Kier molecular flexibility index (Phi) is 3.08. The van der Waals surface area contributed by atoms with Crippen LogP contribution in [-0.2, 0) is 0 Å². The normalized spacial score (nSPS) is 14.7. The number of nitrogens with one attached hydrogen (secondary N) is 2. The minimum atomic E-state index is -0.785. The van der Waals surface area contributed by atoms with E-state index in [0.29, 0.717) is 30.3 Å². The molecule has 2 aromatic heterocycles. The van der Waals surface area contributed by atoms with E-state index in [1.807, 2.05) is 6.92 Å². The molecule has 0 saturated carbocycles. The minimum absolute atomic E-state index is 0.304. The summed E-state index contributed by atoms with van der Waals surface area (Å²) in [7, 11) is 0. The first-order valence-corrected chi connectivity index (χ1v) is 5.84. The second-order valence-electron chi connectivity index (χ2n) is 4.62. The largest absolute Gasteiger partial charge is 0.388 e. The Morgan fingerprint density at radius 2 is 2.33 bits per heavy atom. The molecule has 0 fully saturated rings. The molecule has 0 aliphatic carbocycles. The minimum Gasteiger partial charge on any atom is -0.388 e. The van der Waals surface area contributed by atoms with Crippen LogP contribution in [0.25, 0.3) is 5.65 Å². The molecule has 0 amide bonds. The lowest BCUT2D eigenvalue weighted by atomic mass is 10.0. The number of anilines is 1. The fraction of sp³-hybridized carbons (Fsp3) is 0.545. The number of fused-ring (bicyclic) bond motifs is 1. The monoisotopic (exact) mass is 251 g/mol. The van der Waals surface area contributed by atoms with Gasteiger partial charge >= 0.3 is 5.69 Å². The van der Waals surface area contributed by atoms with E-state index >= 15 is 0 Å². The van der Waals surface area contributed by atoms with Crippen LogP contribution >= 0.6 is 0 Å². The molecule has 0 aliphatic heterocycles. The van der Waals surface area contributed by atoms with Crippen molar-refractivity contribution in [3.05, 3.63) is 22.4 Å². The smallest absolute Gasteiger partial charge is 0.349 e. The van der Waals surface area contributed by atoms with Crippen LogP contribution < -0.4 is 11.0 Å². The zero-order chi connectivity index (χ0) is 13.3. The van der Waals surface area contributed by atoms with Crippen molar-refractivity contribution in [1.29, 1.82) is 0 Å². The van der Waals surface area contributed by atoms with Gasteiger partial charge in [0.05, 0.1) is 5.60 Å². The molecule has 2 aromatic rings. The maximum Gasteiger partial charge on any atom is 0.349 e. The van der Waals surface area contributed by atoms with E-state index in [-0.39, 0.29) is 5.69 Å². The molecule has 0 spiro atoms. The predicted molar refractivity (Wildman–Crippen MR) is 67.7 cm³/mol. The van der Waals surface area contributed by atoms with Gasteiger partial charge in [-0.2, -0.15) is 5.10 Å². The van der Waals surface area contributed by atoms with E-state index < -0.39 is 5.60 Å². The maximum absolute atomic E-state index is 11.4. The number of rotatable bonds is 4. The molecule has 98 valence electrons. The number of aromatic amines is 1. The molecule has 1 unspecified atom stereocenters. The molecule has 0 radical (unpaired) electrons. The maximum atomic E-state index is 11.4. The third kappa shape index (κ3) is 2.35. The van der Waals surface area contributed by atoms with Gasteiger partial charge in [-0.1, -0.05) is 6.92 Å². The summed E-state index contributed by atoms with van der Waals surface area (Å²) in [5.41, 5.74) is -0.583. The van der Waals surface area contributed by atoms with E-state index in [4.69, 9.17) is 0 Å². The van der Waals surface area contributed by atoms with Gasteiger partial charge in [-0.25, -0.2) is 19.3 Å². The second-order valence-corrected chi connectivity index (χ2v) is 4.62. The van der Waals surface area contributed by atoms with Crippen LogP contribution in [0.3, 0.4) is 0 Å². The molecule has 7 nitrogen and oxygen atoms in total. The molecule has 2 rings (SSSR count). The van der Waals surface area contributed by atoms with Gasteiger partial charge < -0.3 is 10.4 Å². The molecule has 1 atom stereocenters. The van der Waals surface area contributed by atoms with Gasteiger partial charge in [0.2, 0.25) is 0 Å². The van der Waals surface area contributed by atoms with Crippen LogP contribution in [0.5, 0.6) is 0 Å². The third-order valence-corrected chi connectivity index (χ3v) is 2.98. The van der Waals surface area contributed by atoms with Crippen LogP contribution in [0.1, 0.15) is 26.1 Å². The van der Waals surface area contributed by atoms with E-state index in [1.165, 1.54) is 4.40 Å². The second kappa shape index (κ2) is 4.41. The Balaban J connectivity index is 2.28. The zero-order valence-corrected chi connectivity index (χ0v) is 10.7. The molecular formula is C11H17N5O2. The molecule has 0 aliphatic rings. The van der Waals surface area contributed by atoms with Crippen LogP contribution in [0.15, 0.2) is 10.9 Å². The summed E-state index contributed by atoms with van der Waals surface area (Å²) >= 11 is 0. The molecule has 3 N–H and O–H groups in total. The first-order valence-electron chi connectivity index (χ1n) is 5.84. The van der Waals surface area contributed by atoms with Crippen molar-refractivity contribution in [2.24, 2.45) is 0 Å². The van der Waals surface area contributed by atoms with Gasteiger partial charge in [0, 0.05) is 12.6 Å². The highest BCUT2D eigenvalue weighted by Gasteiger charge is 2.17. The van der Waals surface area contributed by atoms with E-state index in [1.54, 1.807) is 19.9 Å². The topological polar surface area (TPSA) is 95.3 Å². The highest BCUT2D eigenvalue weighted by atomic mass is 16.3. The standard InChI is InChI=1S/C11H17N5O2/c1-4-11(3,18)6-12-8-5-9-14-15-10(17)16(9)7(2)13-8/h5,12,18H,4,6H2,1-3H3,(H,15,17). The fourth-order valence-electron chi connectivity index (χ4n) is 1.59. The van der Waals surface area contributed by atoms with Crippen molar-refractivity contribution < 1.29 is 5.11 Å². The zero-order valence-electron chi connectivity index (χ0n) is 10.7. The van der Waals surface area contributed by atoms with Gasteiger partial charge in [0.15, 0.2) is 5.65 Å². The SMILES string of the molecule is CCC(C)(O)CNc1cc2n[nH]c(=O)n2c(C)n1. The molecule has 0 aromatic carbocycles. The number of aromatic nitrogens is 4. The summed E-state index contributed by atoms with van der Waals surface area (Å²) in [6.07, 6.45) is 0.642. The van der Waals surface area contributed by atoms with Gasteiger partial charge in [0.25, 0.3) is 0 Å². The van der Waals surface area contributed by atoms with Crippen molar-refractivity contribution in [1.82, 2.24) is 19.6 Å². The number of hydrogen-bond donors (Lipinski definition) is 3. The summed E-state index contributed by atoms with van der Waals surface area (Å²) in [6.45, 7) is 5.79. The van der Waals surface area contributed by atoms with Crippen molar-refractivity contribution in [2.45, 2.75) is 32.8 Å². The first kappa shape index (κ1) is 12.6. The number of aliphatic hydroxyl groups is 1. The lowest BCUT2D eigenvalue weighted by molar-refractivity contribution is 0.0696. The number of aryl methyl sites for hydroxylation is 1. The molecule has 7 heteroatoms. The summed E-state index contributed by atoms with van der Waals surface area (Å²) in [6, 6.07) is 1.66. The first-order chi connectivity index (χ1) is 8.43. The lowest BCUT2D eigenvalue weighted by Crippen LogP contribution is -2.32. The summed E-state index contributed by atoms with van der Waals surface area (Å²) in [5, 5.41) is 19.2. The molecular weight excluding hydrogens is 234 g/mol. The third-order valence-electron chi connectivity index (χ3n) is 2.98. The lowest BCUT2D eigenvalue weighted by Gasteiger charge is -2.21. The Labute approximate surface area is 104 Å². The molecule has 18 heavy (non-hydrogen) atoms. The van der Waals surface area contributed by atoms with Crippen molar-refractivity contribution in [3.8, 4) is 0 Å². The number of H-pyrrole nitrogens is 1.